The third-order valence-electron chi connectivity index (χ3n) is 2.69. The summed E-state index contributed by atoms with van der Waals surface area (Å²) in [5.74, 6) is 0.864. The van der Waals surface area contributed by atoms with Gasteiger partial charge in [-0.2, -0.15) is 0 Å². The first-order valence-electron chi connectivity index (χ1n) is 6.19. The molecule has 2 aromatic rings. The number of anilines is 2. The number of hydrogen-bond donors (Lipinski definition) is 2. The molecule has 20 heavy (non-hydrogen) atoms. The third kappa shape index (κ3) is 3.71. The van der Waals surface area contributed by atoms with Crippen molar-refractivity contribution in [3.8, 4) is 5.75 Å². The van der Waals surface area contributed by atoms with E-state index in [4.69, 9.17) is 22.7 Å². The van der Waals surface area contributed by atoms with Gasteiger partial charge in [0.25, 0.3) is 0 Å². The van der Waals surface area contributed by atoms with Gasteiger partial charge in [-0.3, -0.25) is 0 Å². The largest absolute Gasteiger partial charge is 0.494 e. The van der Waals surface area contributed by atoms with E-state index in [0.29, 0.717) is 11.6 Å². The second-order valence-electron chi connectivity index (χ2n) is 4.14. The second-order valence-corrected chi connectivity index (χ2v) is 5.44. The summed E-state index contributed by atoms with van der Waals surface area (Å²) < 4.78 is 6.28. The molecule has 5 heteroatoms. The Balaban J connectivity index is 2.13. The molecule has 0 radical (unpaired) electrons. The zero-order chi connectivity index (χ0) is 14.5. The molecule has 0 atom stereocenters. The molecule has 2 aromatic carbocycles. The van der Waals surface area contributed by atoms with Gasteiger partial charge in [0.15, 0.2) is 0 Å². The predicted octanol–water partition coefficient (Wildman–Crippen LogP) is 4.23. The first-order chi connectivity index (χ1) is 9.60. The number of halogens is 1. The topological polar surface area (TPSA) is 47.3 Å². The number of rotatable bonds is 5. The molecular weight excluding hydrogens is 336 g/mol. The smallest absolute Gasteiger partial charge is 0.119 e. The van der Waals surface area contributed by atoms with Crippen molar-refractivity contribution in [2.45, 2.75) is 6.92 Å². The van der Waals surface area contributed by atoms with Crippen LogP contribution in [-0.2, 0) is 0 Å². The minimum atomic E-state index is 0.379. The molecule has 0 saturated carbocycles. The maximum Gasteiger partial charge on any atom is 0.119 e. The van der Waals surface area contributed by atoms with Crippen molar-refractivity contribution < 1.29 is 4.74 Å². The number of hydrogen-bond acceptors (Lipinski definition) is 3. The average Bonchev–Trinajstić information content (AvgIpc) is 2.41. The van der Waals surface area contributed by atoms with Gasteiger partial charge in [0.05, 0.1) is 6.61 Å². The van der Waals surface area contributed by atoms with Gasteiger partial charge in [-0.25, -0.2) is 0 Å². The van der Waals surface area contributed by atoms with Crippen LogP contribution in [0.1, 0.15) is 12.5 Å². The van der Waals surface area contributed by atoms with Crippen LogP contribution in [0.5, 0.6) is 5.75 Å². The van der Waals surface area contributed by atoms with Crippen molar-refractivity contribution in [1.29, 1.82) is 0 Å². The summed E-state index contributed by atoms with van der Waals surface area (Å²) >= 11 is 8.44. The highest BCUT2D eigenvalue weighted by molar-refractivity contribution is 9.10. The highest BCUT2D eigenvalue weighted by Gasteiger charge is 2.04. The standard InChI is InChI=1S/C15H15BrN2OS/c1-2-19-12-6-3-10(4-7-12)18-11-5-8-13(15(17)20)14(16)9-11/h3-9,18H,2H2,1H3,(H2,17,20). The Kier molecular flexibility index (Phi) is 4.98. The van der Waals surface area contributed by atoms with Crippen molar-refractivity contribution in [3.63, 3.8) is 0 Å². The van der Waals surface area contributed by atoms with E-state index in [-0.39, 0.29) is 0 Å². The van der Waals surface area contributed by atoms with Crippen LogP contribution in [0.15, 0.2) is 46.9 Å². The summed E-state index contributed by atoms with van der Waals surface area (Å²) in [7, 11) is 0. The van der Waals surface area contributed by atoms with E-state index in [1.807, 2.05) is 49.4 Å². The second kappa shape index (κ2) is 6.72. The van der Waals surface area contributed by atoms with Crippen molar-refractivity contribution in [1.82, 2.24) is 0 Å². The molecule has 0 saturated heterocycles. The average molecular weight is 351 g/mol. The van der Waals surface area contributed by atoms with E-state index in [9.17, 15) is 0 Å². The van der Waals surface area contributed by atoms with Crippen LogP contribution >= 0.6 is 28.1 Å². The summed E-state index contributed by atoms with van der Waals surface area (Å²) in [6.07, 6.45) is 0. The fourth-order valence-corrected chi connectivity index (χ4v) is 2.66. The van der Waals surface area contributed by atoms with E-state index in [0.717, 1.165) is 27.2 Å². The van der Waals surface area contributed by atoms with Crippen LogP contribution in [0.4, 0.5) is 11.4 Å². The van der Waals surface area contributed by atoms with E-state index in [1.165, 1.54) is 0 Å². The lowest BCUT2D eigenvalue weighted by molar-refractivity contribution is 0.340. The molecule has 0 aliphatic rings. The summed E-state index contributed by atoms with van der Waals surface area (Å²) in [6.45, 7) is 2.63. The maximum absolute atomic E-state index is 5.63. The Morgan fingerprint density at radius 3 is 2.40 bits per heavy atom. The first kappa shape index (κ1) is 14.8. The van der Waals surface area contributed by atoms with Crippen molar-refractivity contribution in [2.24, 2.45) is 5.73 Å². The van der Waals surface area contributed by atoms with Gasteiger partial charge in [0.1, 0.15) is 10.7 Å². The lowest BCUT2D eigenvalue weighted by atomic mass is 10.2. The fourth-order valence-electron chi connectivity index (χ4n) is 1.76. The summed E-state index contributed by atoms with van der Waals surface area (Å²) in [4.78, 5) is 0.379. The number of nitrogens with one attached hydrogen (secondary N) is 1. The minimum Gasteiger partial charge on any atom is -0.494 e. The lowest BCUT2D eigenvalue weighted by Crippen LogP contribution is -2.10. The Morgan fingerprint density at radius 2 is 1.85 bits per heavy atom. The van der Waals surface area contributed by atoms with Crippen LogP contribution in [-0.4, -0.2) is 11.6 Å². The molecule has 0 unspecified atom stereocenters. The highest BCUT2D eigenvalue weighted by atomic mass is 79.9. The van der Waals surface area contributed by atoms with Gasteiger partial charge in [-0.15, -0.1) is 0 Å². The summed E-state index contributed by atoms with van der Waals surface area (Å²) in [5, 5.41) is 3.31. The zero-order valence-corrected chi connectivity index (χ0v) is 13.4. The van der Waals surface area contributed by atoms with Crippen molar-refractivity contribution in [3.05, 3.63) is 52.5 Å². The number of benzene rings is 2. The minimum absolute atomic E-state index is 0.379. The molecule has 104 valence electrons. The summed E-state index contributed by atoms with van der Waals surface area (Å²) in [5.41, 5.74) is 8.41. The molecule has 0 aliphatic carbocycles. The van der Waals surface area contributed by atoms with Crippen LogP contribution in [0.25, 0.3) is 0 Å². The highest BCUT2D eigenvalue weighted by Crippen LogP contribution is 2.25. The quantitative estimate of drug-likeness (QED) is 0.792. The lowest BCUT2D eigenvalue weighted by Gasteiger charge is -2.10. The van der Waals surface area contributed by atoms with Gasteiger partial charge in [-0.05, 0) is 65.3 Å². The Labute approximate surface area is 132 Å². The first-order valence-corrected chi connectivity index (χ1v) is 7.39. The Hall–Kier alpha value is -1.59. The molecule has 0 spiro atoms. The normalized spacial score (nSPS) is 10.1. The molecule has 3 N–H and O–H groups in total. The number of nitrogens with two attached hydrogens (primary N) is 1. The third-order valence-corrected chi connectivity index (χ3v) is 3.56. The zero-order valence-electron chi connectivity index (χ0n) is 11.0. The van der Waals surface area contributed by atoms with Crippen molar-refractivity contribution in [2.75, 3.05) is 11.9 Å². The van der Waals surface area contributed by atoms with Crippen LogP contribution < -0.4 is 15.8 Å². The van der Waals surface area contributed by atoms with Crippen LogP contribution in [0.2, 0.25) is 0 Å². The molecule has 0 fully saturated rings. The maximum atomic E-state index is 5.63. The Morgan fingerprint density at radius 1 is 1.20 bits per heavy atom. The van der Waals surface area contributed by atoms with E-state index < -0.39 is 0 Å². The summed E-state index contributed by atoms with van der Waals surface area (Å²) in [6, 6.07) is 13.6. The molecule has 0 aliphatic heterocycles. The van der Waals surface area contributed by atoms with E-state index in [1.54, 1.807) is 0 Å². The molecule has 0 amide bonds. The van der Waals surface area contributed by atoms with Crippen LogP contribution in [0, 0.1) is 0 Å². The van der Waals surface area contributed by atoms with Gasteiger partial charge < -0.3 is 15.8 Å². The van der Waals surface area contributed by atoms with Crippen LogP contribution in [0.3, 0.4) is 0 Å². The van der Waals surface area contributed by atoms with Gasteiger partial charge in [0.2, 0.25) is 0 Å². The fraction of sp³-hybridized carbons (Fsp3) is 0.133. The predicted molar refractivity (Wildman–Crippen MR) is 90.9 cm³/mol. The monoisotopic (exact) mass is 350 g/mol. The van der Waals surface area contributed by atoms with Gasteiger partial charge in [0, 0.05) is 21.4 Å². The van der Waals surface area contributed by atoms with E-state index in [2.05, 4.69) is 21.2 Å². The molecule has 2 rings (SSSR count). The van der Waals surface area contributed by atoms with Gasteiger partial charge in [-0.1, -0.05) is 12.2 Å². The number of ether oxygens (including phenoxy) is 1. The number of thiocarbonyl (C=S) groups is 1. The molecule has 3 nitrogen and oxygen atoms in total. The molecule has 0 bridgehead atoms. The molecule has 0 aromatic heterocycles. The SMILES string of the molecule is CCOc1ccc(Nc2ccc(C(N)=S)c(Br)c2)cc1. The van der Waals surface area contributed by atoms with Gasteiger partial charge >= 0.3 is 0 Å². The molecule has 0 heterocycles. The molecular formula is C15H15BrN2OS. The van der Waals surface area contributed by atoms with Crippen molar-refractivity contribution >= 4 is 44.5 Å². The Bertz CT molecular complexity index is 614. The van der Waals surface area contributed by atoms with E-state index >= 15 is 0 Å².